The van der Waals surface area contributed by atoms with Crippen molar-refractivity contribution < 1.29 is 9.84 Å². The van der Waals surface area contributed by atoms with E-state index in [1.165, 1.54) is 27.5 Å². The van der Waals surface area contributed by atoms with Crippen LogP contribution in [0.4, 0.5) is 0 Å². The summed E-state index contributed by atoms with van der Waals surface area (Å²) in [6.45, 7) is 9.35. The Morgan fingerprint density at radius 2 is 1.83 bits per heavy atom. The predicted molar refractivity (Wildman–Crippen MR) is 103 cm³/mol. The molecule has 0 bridgehead atoms. The highest BCUT2D eigenvalue weighted by Gasteiger charge is 2.46. The van der Waals surface area contributed by atoms with Crippen molar-refractivity contribution in [2.45, 2.75) is 57.5 Å². The zero-order chi connectivity index (χ0) is 17.7. The van der Waals surface area contributed by atoms with Crippen LogP contribution < -0.4 is 10.5 Å². The summed E-state index contributed by atoms with van der Waals surface area (Å²) >= 11 is 0. The van der Waals surface area contributed by atoms with E-state index in [0.717, 1.165) is 12.2 Å². The average Bonchev–Trinajstić information content (AvgIpc) is 2.81. The number of benzene rings is 1. The van der Waals surface area contributed by atoms with Crippen LogP contribution in [0.5, 0.6) is 5.75 Å². The molecule has 0 spiro atoms. The zero-order valence-electron chi connectivity index (χ0n) is 15.4. The molecule has 1 fully saturated rings. The summed E-state index contributed by atoms with van der Waals surface area (Å²) in [4.78, 5) is 0. The number of ether oxygens (including phenoxy) is 1. The number of fused-ring (bicyclic) bond motifs is 1. The van der Waals surface area contributed by atoms with Crippen molar-refractivity contribution >= 4 is 13.6 Å². The molecule has 3 N–H and O–H groups in total. The van der Waals surface area contributed by atoms with Crippen LogP contribution in [-0.4, -0.2) is 31.9 Å². The fraction of sp³-hybridized carbons (Fsp3) is 0.500. The molecule has 0 aromatic heterocycles. The average molecular weight is 344 g/mol. The van der Waals surface area contributed by atoms with Gasteiger partial charge in [-0.1, -0.05) is 37.0 Å². The lowest BCUT2D eigenvalue weighted by atomic mass is 9.78. The number of nitrogens with two attached hydrogens (primary N) is 1. The number of aliphatic hydroxyl groups is 1. The van der Waals surface area contributed by atoms with Gasteiger partial charge in [-0.15, -0.1) is 0 Å². The van der Waals surface area contributed by atoms with Crippen molar-refractivity contribution in [3.63, 3.8) is 0 Å². The van der Waals surface area contributed by atoms with Crippen LogP contribution in [0.3, 0.4) is 0 Å². The minimum atomic E-state index is -1.54. The van der Waals surface area contributed by atoms with E-state index in [-0.39, 0.29) is 11.6 Å². The van der Waals surface area contributed by atoms with Gasteiger partial charge >= 0.3 is 0 Å². The molecule has 0 radical (unpaired) electrons. The van der Waals surface area contributed by atoms with E-state index >= 15 is 0 Å². The fourth-order valence-corrected chi connectivity index (χ4v) is 6.26. The van der Waals surface area contributed by atoms with Gasteiger partial charge in [-0.05, 0) is 60.6 Å². The number of hydrogen-bond donors (Lipinski definition) is 2. The molecule has 1 aromatic carbocycles. The summed E-state index contributed by atoms with van der Waals surface area (Å²) in [5, 5.41) is 11.7. The van der Waals surface area contributed by atoms with Gasteiger partial charge in [-0.3, -0.25) is 0 Å². The molecule has 4 heteroatoms. The lowest BCUT2D eigenvalue weighted by Crippen LogP contribution is -2.45. The minimum absolute atomic E-state index is 0.307. The van der Waals surface area contributed by atoms with Gasteiger partial charge in [0.1, 0.15) is 5.75 Å². The second-order valence-corrected chi connectivity index (χ2v) is 13.4. The van der Waals surface area contributed by atoms with Gasteiger partial charge in [0, 0.05) is 5.54 Å². The lowest BCUT2D eigenvalue weighted by molar-refractivity contribution is 0.174. The van der Waals surface area contributed by atoms with Crippen molar-refractivity contribution in [2.24, 2.45) is 5.73 Å². The first-order valence-corrected chi connectivity index (χ1v) is 12.2. The smallest absolute Gasteiger partial charge is 0.118 e. The van der Waals surface area contributed by atoms with Crippen molar-refractivity contribution in [3.8, 4) is 5.75 Å². The molecule has 2 aliphatic rings. The Kier molecular flexibility index (Phi) is 4.27. The molecular weight excluding hydrogens is 314 g/mol. The molecule has 0 saturated heterocycles. The normalized spacial score (nSPS) is 27.5. The van der Waals surface area contributed by atoms with Crippen LogP contribution in [0.25, 0.3) is 5.57 Å². The van der Waals surface area contributed by atoms with Gasteiger partial charge in [0.15, 0.2) is 0 Å². The number of allylic oxidation sites excluding steroid dienone is 2. The molecule has 3 nitrogen and oxygen atoms in total. The van der Waals surface area contributed by atoms with Crippen molar-refractivity contribution in [1.82, 2.24) is 0 Å². The molecule has 0 aliphatic heterocycles. The number of rotatable bonds is 3. The lowest BCUT2D eigenvalue weighted by Gasteiger charge is -2.40. The number of aliphatic hydroxyl groups excluding tert-OH is 1. The van der Waals surface area contributed by atoms with Gasteiger partial charge in [-0.25, -0.2) is 0 Å². The van der Waals surface area contributed by atoms with Gasteiger partial charge in [0.25, 0.3) is 0 Å². The molecule has 2 atom stereocenters. The highest BCUT2D eigenvalue weighted by atomic mass is 28.3. The van der Waals surface area contributed by atoms with Crippen LogP contribution in [0, 0.1) is 0 Å². The Bertz CT molecular complexity index is 712. The Balaban J connectivity index is 2.19. The fourth-order valence-electron chi connectivity index (χ4n) is 4.33. The van der Waals surface area contributed by atoms with E-state index in [0.29, 0.717) is 12.8 Å². The number of methoxy groups -OCH3 is 1. The monoisotopic (exact) mass is 343 g/mol. The molecule has 1 saturated carbocycles. The summed E-state index contributed by atoms with van der Waals surface area (Å²) in [7, 11) is 0.150. The van der Waals surface area contributed by atoms with E-state index < -0.39 is 8.07 Å². The summed E-state index contributed by atoms with van der Waals surface area (Å²) in [5.41, 5.74) is 11.5. The molecule has 130 valence electrons. The van der Waals surface area contributed by atoms with E-state index in [1.807, 2.05) is 12.1 Å². The highest BCUT2D eigenvalue weighted by molar-refractivity contribution is 6.84. The minimum Gasteiger partial charge on any atom is -0.497 e. The Labute approximate surface area is 146 Å². The van der Waals surface area contributed by atoms with E-state index in [4.69, 9.17) is 10.5 Å². The van der Waals surface area contributed by atoms with Crippen molar-refractivity contribution in [3.05, 3.63) is 46.2 Å². The predicted octanol–water partition coefficient (Wildman–Crippen LogP) is 3.90. The molecule has 24 heavy (non-hydrogen) atoms. The molecular formula is C20H29NO2Si. The molecule has 2 aliphatic carbocycles. The standard InChI is InChI=1S/C20H29NO2Si/c1-13-17-10-15(22)11-20(17,21)12-18(24(3,4)5)19(13)14-6-8-16(23-2)9-7-14/h6-9,15,22H,10-12,21H2,1-5H3/t15-,20-/m0/s1. The molecule has 1 aromatic rings. The van der Waals surface area contributed by atoms with E-state index in [9.17, 15) is 5.11 Å². The Hall–Kier alpha value is -1.36. The van der Waals surface area contributed by atoms with Crippen LogP contribution in [0.1, 0.15) is 31.7 Å². The van der Waals surface area contributed by atoms with Gasteiger partial charge < -0.3 is 15.6 Å². The van der Waals surface area contributed by atoms with Crippen LogP contribution >= 0.6 is 0 Å². The third-order valence-electron chi connectivity index (χ3n) is 5.55. The topological polar surface area (TPSA) is 55.5 Å². The SMILES string of the molecule is COc1ccc(C2=C([Si](C)(C)C)C[C@@]3(N)C[C@@H](O)CC3=C2C)cc1. The summed E-state index contributed by atoms with van der Waals surface area (Å²) in [6, 6.07) is 8.34. The largest absolute Gasteiger partial charge is 0.497 e. The zero-order valence-corrected chi connectivity index (χ0v) is 16.4. The number of hydrogen-bond acceptors (Lipinski definition) is 3. The Morgan fingerprint density at radius 1 is 1.21 bits per heavy atom. The first-order chi connectivity index (χ1) is 11.2. The second-order valence-electron chi connectivity index (χ2n) is 8.33. The highest BCUT2D eigenvalue weighted by Crippen LogP contribution is 2.50. The van der Waals surface area contributed by atoms with Crippen LogP contribution in [0.15, 0.2) is 40.6 Å². The first kappa shape index (κ1) is 17.5. The van der Waals surface area contributed by atoms with E-state index in [1.54, 1.807) is 7.11 Å². The molecule has 3 rings (SSSR count). The van der Waals surface area contributed by atoms with Crippen molar-refractivity contribution in [2.75, 3.05) is 7.11 Å². The summed E-state index contributed by atoms with van der Waals surface area (Å²) in [5.74, 6) is 0.875. The third kappa shape index (κ3) is 2.87. The third-order valence-corrected chi connectivity index (χ3v) is 7.78. The van der Waals surface area contributed by atoms with Crippen LogP contribution in [0.2, 0.25) is 19.6 Å². The summed E-state index contributed by atoms with van der Waals surface area (Å²) < 4.78 is 5.30. The maximum atomic E-state index is 10.2. The molecule has 0 amide bonds. The maximum absolute atomic E-state index is 10.2. The molecule has 0 heterocycles. The summed E-state index contributed by atoms with van der Waals surface area (Å²) in [6.07, 6.45) is 1.97. The van der Waals surface area contributed by atoms with Crippen molar-refractivity contribution in [1.29, 1.82) is 0 Å². The second kappa shape index (κ2) is 5.87. The Morgan fingerprint density at radius 3 is 2.38 bits per heavy atom. The maximum Gasteiger partial charge on any atom is 0.118 e. The van der Waals surface area contributed by atoms with E-state index in [2.05, 4.69) is 38.7 Å². The quantitative estimate of drug-likeness (QED) is 0.819. The van der Waals surface area contributed by atoms with Crippen LogP contribution in [-0.2, 0) is 0 Å². The van der Waals surface area contributed by atoms with Gasteiger partial charge in [-0.2, -0.15) is 0 Å². The van der Waals surface area contributed by atoms with Gasteiger partial charge in [0.05, 0.1) is 21.3 Å². The molecule has 0 unspecified atom stereocenters. The van der Waals surface area contributed by atoms with Gasteiger partial charge in [0.2, 0.25) is 0 Å². The first-order valence-electron chi connectivity index (χ1n) is 8.71.